The highest BCUT2D eigenvalue weighted by atomic mass is 35.5. The fraction of sp³-hybridized carbons (Fsp3) is 0.227. The Hall–Kier alpha value is -2.75. The predicted molar refractivity (Wildman–Crippen MR) is 124 cm³/mol. The molecule has 7 nitrogen and oxygen atoms in total. The average molecular weight is 490 g/mol. The van der Waals surface area contributed by atoms with Gasteiger partial charge in [0.1, 0.15) is 16.0 Å². The van der Waals surface area contributed by atoms with Crippen LogP contribution in [0.5, 0.6) is 0 Å². The Kier molecular flexibility index (Phi) is 6.07. The van der Waals surface area contributed by atoms with Crippen LogP contribution in [0.15, 0.2) is 64.1 Å². The number of nitrogens with zero attached hydrogens (tertiary/aromatic N) is 3. The molecule has 0 fully saturated rings. The van der Waals surface area contributed by atoms with Crippen molar-refractivity contribution in [2.24, 2.45) is 0 Å². The molecule has 166 valence electrons. The quantitative estimate of drug-likeness (QED) is 0.534. The van der Waals surface area contributed by atoms with Gasteiger partial charge in [0, 0.05) is 11.4 Å². The molecule has 32 heavy (non-hydrogen) atoms. The van der Waals surface area contributed by atoms with Gasteiger partial charge >= 0.3 is 0 Å². The highest BCUT2D eigenvalue weighted by molar-refractivity contribution is 7.95. The minimum absolute atomic E-state index is 0.0119. The van der Waals surface area contributed by atoms with Crippen LogP contribution in [0, 0.1) is 6.92 Å². The van der Waals surface area contributed by atoms with Gasteiger partial charge in [0.05, 0.1) is 4.90 Å². The minimum atomic E-state index is -4.20. The van der Waals surface area contributed by atoms with E-state index < -0.39 is 27.5 Å². The van der Waals surface area contributed by atoms with Crippen LogP contribution in [-0.4, -0.2) is 29.6 Å². The lowest BCUT2D eigenvalue weighted by atomic mass is 10.1. The van der Waals surface area contributed by atoms with Crippen molar-refractivity contribution in [2.45, 2.75) is 37.6 Å². The van der Waals surface area contributed by atoms with Gasteiger partial charge in [-0.25, -0.2) is 8.42 Å². The van der Waals surface area contributed by atoms with Crippen molar-refractivity contribution < 1.29 is 18.3 Å². The zero-order valence-corrected chi connectivity index (χ0v) is 19.7. The molecule has 1 amide bonds. The number of anilines is 1. The van der Waals surface area contributed by atoms with Crippen molar-refractivity contribution >= 4 is 43.8 Å². The number of sulfone groups is 1. The van der Waals surface area contributed by atoms with E-state index in [1.165, 1.54) is 28.4 Å². The molecule has 2 aromatic carbocycles. The summed E-state index contributed by atoms with van der Waals surface area (Å²) in [4.78, 5) is 13.9. The number of hydrogen-bond donors (Lipinski definition) is 1. The van der Waals surface area contributed by atoms with Gasteiger partial charge in [-0.05, 0) is 43.2 Å². The van der Waals surface area contributed by atoms with Crippen molar-refractivity contribution in [1.29, 1.82) is 0 Å². The largest absolute Gasteiger partial charge is 0.502 e. The van der Waals surface area contributed by atoms with E-state index in [-0.39, 0.29) is 14.9 Å². The SMILES string of the molecule is CCCc1nnc(N2C(=O)C(O)=C(S(=O)(=O)c3ccc(C)cc3)C2c2ccc(Cl)cc2)s1. The van der Waals surface area contributed by atoms with E-state index >= 15 is 0 Å². The molecular weight excluding hydrogens is 470 g/mol. The summed E-state index contributed by atoms with van der Waals surface area (Å²) < 4.78 is 27.2. The Balaban J connectivity index is 1.89. The molecule has 3 aromatic rings. The first kappa shape index (κ1) is 22.4. The van der Waals surface area contributed by atoms with Gasteiger partial charge in [-0.3, -0.25) is 9.69 Å². The zero-order valence-electron chi connectivity index (χ0n) is 17.3. The minimum Gasteiger partial charge on any atom is -0.502 e. The molecule has 0 bridgehead atoms. The molecule has 0 spiro atoms. The van der Waals surface area contributed by atoms with Crippen LogP contribution in [0.2, 0.25) is 5.02 Å². The van der Waals surface area contributed by atoms with Crippen LogP contribution in [-0.2, 0) is 21.1 Å². The van der Waals surface area contributed by atoms with Crippen molar-refractivity contribution in [3.05, 3.63) is 80.4 Å². The van der Waals surface area contributed by atoms with Gasteiger partial charge in [0.15, 0.2) is 5.76 Å². The summed E-state index contributed by atoms with van der Waals surface area (Å²) >= 11 is 7.22. The van der Waals surface area contributed by atoms with E-state index in [1.54, 1.807) is 36.4 Å². The van der Waals surface area contributed by atoms with Crippen molar-refractivity contribution in [1.82, 2.24) is 10.2 Å². The van der Waals surface area contributed by atoms with E-state index in [1.807, 2.05) is 13.8 Å². The Morgan fingerprint density at radius 2 is 1.75 bits per heavy atom. The van der Waals surface area contributed by atoms with E-state index in [4.69, 9.17) is 11.6 Å². The smallest absolute Gasteiger partial charge is 0.296 e. The number of aliphatic hydroxyl groups is 1. The van der Waals surface area contributed by atoms with Crippen LogP contribution in [0.1, 0.15) is 35.5 Å². The van der Waals surface area contributed by atoms with E-state index in [2.05, 4.69) is 10.2 Å². The Labute approximate surface area is 194 Å². The monoisotopic (exact) mass is 489 g/mol. The number of aryl methyl sites for hydroxylation is 2. The van der Waals surface area contributed by atoms with Crippen LogP contribution >= 0.6 is 22.9 Å². The standard InChI is InChI=1S/C22H20ClN3O4S2/c1-3-4-17-24-25-22(31-17)26-18(14-7-9-15(23)10-8-14)20(19(27)21(26)28)32(29,30)16-11-5-13(2)6-12-16/h5-12,18,27H,3-4H2,1-2H3. The molecule has 1 aromatic heterocycles. The number of carbonyl (C=O) groups is 1. The Morgan fingerprint density at radius 1 is 1.09 bits per heavy atom. The maximum absolute atomic E-state index is 13.6. The molecule has 2 heterocycles. The van der Waals surface area contributed by atoms with Gasteiger partial charge in [0.2, 0.25) is 15.0 Å². The number of aromatic nitrogens is 2. The summed E-state index contributed by atoms with van der Waals surface area (Å²) in [5, 5.41) is 20.4. The average Bonchev–Trinajstić information content (AvgIpc) is 3.32. The molecule has 1 unspecified atom stereocenters. The second-order valence-corrected chi connectivity index (χ2v) is 10.8. The maximum atomic E-state index is 13.6. The van der Waals surface area contributed by atoms with Crippen molar-refractivity contribution in [3.8, 4) is 0 Å². The zero-order chi connectivity index (χ0) is 23.0. The Morgan fingerprint density at radius 3 is 2.38 bits per heavy atom. The molecule has 1 N–H and O–H groups in total. The molecule has 1 atom stereocenters. The van der Waals surface area contributed by atoms with Gasteiger partial charge in [0.25, 0.3) is 5.91 Å². The summed E-state index contributed by atoms with van der Waals surface area (Å²) in [5.41, 5.74) is 1.36. The first-order chi connectivity index (χ1) is 15.2. The number of hydrogen-bond acceptors (Lipinski definition) is 7. The second kappa shape index (κ2) is 8.65. The molecule has 1 aliphatic heterocycles. The third-order valence-corrected chi connectivity index (χ3v) is 8.22. The van der Waals surface area contributed by atoms with Crippen LogP contribution < -0.4 is 4.90 Å². The van der Waals surface area contributed by atoms with Gasteiger partial charge in [-0.1, -0.05) is 59.7 Å². The van der Waals surface area contributed by atoms with Crippen LogP contribution in [0.4, 0.5) is 5.13 Å². The summed E-state index contributed by atoms with van der Waals surface area (Å²) in [6.45, 7) is 3.84. The fourth-order valence-electron chi connectivity index (χ4n) is 3.50. The number of rotatable bonds is 6. The molecule has 0 saturated carbocycles. The van der Waals surface area contributed by atoms with Gasteiger partial charge in [-0.15, -0.1) is 10.2 Å². The van der Waals surface area contributed by atoms with E-state index in [0.717, 1.165) is 17.0 Å². The lowest BCUT2D eigenvalue weighted by Gasteiger charge is -2.24. The maximum Gasteiger partial charge on any atom is 0.296 e. The first-order valence-electron chi connectivity index (χ1n) is 9.90. The summed E-state index contributed by atoms with van der Waals surface area (Å²) in [6.07, 6.45) is 1.53. The molecular formula is C22H20ClN3O4S2. The van der Waals surface area contributed by atoms with E-state index in [0.29, 0.717) is 17.0 Å². The number of amides is 1. The van der Waals surface area contributed by atoms with Gasteiger partial charge < -0.3 is 5.11 Å². The molecule has 1 aliphatic rings. The summed E-state index contributed by atoms with van der Waals surface area (Å²) in [5.74, 6) is -1.66. The molecule has 0 aliphatic carbocycles. The third-order valence-electron chi connectivity index (χ3n) is 5.09. The summed E-state index contributed by atoms with van der Waals surface area (Å²) in [7, 11) is -4.20. The second-order valence-electron chi connectivity index (χ2n) is 7.39. The van der Waals surface area contributed by atoms with Crippen LogP contribution in [0.3, 0.4) is 0 Å². The van der Waals surface area contributed by atoms with Crippen molar-refractivity contribution in [3.63, 3.8) is 0 Å². The number of carbonyl (C=O) groups excluding carboxylic acids is 1. The third kappa shape index (κ3) is 3.92. The van der Waals surface area contributed by atoms with E-state index in [9.17, 15) is 18.3 Å². The number of halogens is 1. The normalized spacial score (nSPS) is 16.8. The van der Waals surface area contributed by atoms with Crippen LogP contribution in [0.25, 0.3) is 0 Å². The highest BCUT2D eigenvalue weighted by Crippen LogP contribution is 2.45. The molecule has 0 radical (unpaired) electrons. The lowest BCUT2D eigenvalue weighted by molar-refractivity contribution is -0.117. The first-order valence-corrected chi connectivity index (χ1v) is 12.6. The highest BCUT2D eigenvalue weighted by Gasteiger charge is 2.48. The lowest BCUT2D eigenvalue weighted by Crippen LogP contribution is -2.31. The molecule has 0 saturated heterocycles. The Bertz CT molecular complexity index is 1300. The predicted octanol–water partition coefficient (Wildman–Crippen LogP) is 4.78. The van der Waals surface area contributed by atoms with Crippen molar-refractivity contribution in [2.75, 3.05) is 4.90 Å². The summed E-state index contributed by atoms with van der Waals surface area (Å²) in [6, 6.07) is 11.6. The number of benzene rings is 2. The topological polar surface area (TPSA) is 100 Å². The molecule has 10 heteroatoms. The van der Waals surface area contributed by atoms with Gasteiger partial charge in [-0.2, -0.15) is 0 Å². The molecule has 4 rings (SSSR count). The number of aliphatic hydroxyl groups excluding tert-OH is 1. The fourth-order valence-corrected chi connectivity index (χ4v) is 6.22.